The van der Waals surface area contributed by atoms with E-state index in [1.807, 2.05) is 17.5 Å². The second-order valence-electron chi connectivity index (χ2n) is 5.47. The van der Waals surface area contributed by atoms with Gasteiger partial charge in [-0.05, 0) is 17.5 Å². The number of amides is 1. The number of morpholine rings is 1. The van der Waals surface area contributed by atoms with E-state index in [2.05, 4.69) is 0 Å². The number of hydrogen-bond acceptors (Lipinski definition) is 6. The predicted molar refractivity (Wildman–Crippen MR) is 94.6 cm³/mol. The van der Waals surface area contributed by atoms with Gasteiger partial charge in [0.2, 0.25) is 0 Å². The van der Waals surface area contributed by atoms with Crippen LogP contribution >= 0.6 is 11.3 Å². The lowest BCUT2D eigenvalue weighted by atomic mass is 10.1. The van der Waals surface area contributed by atoms with Crippen molar-refractivity contribution in [1.29, 1.82) is 0 Å². The van der Waals surface area contributed by atoms with E-state index in [4.69, 9.17) is 14.2 Å². The minimum absolute atomic E-state index is 0.123. The molecular weight excluding hydrogens is 342 g/mol. The molecule has 25 heavy (non-hydrogen) atoms. The number of benzene rings is 1. The quantitative estimate of drug-likeness (QED) is 0.740. The van der Waals surface area contributed by atoms with Gasteiger partial charge in [-0.1, -0.05) is 6.07 Å². The molecule has 132 valence electrons. The maximum absolute atomic E-state index is 12.2. The van der Waals surface area contributed by atoms with Gasteiger partial charge < -0.3 is 19.1 Å². The molecule has 2 heterocycles. The van der Waals surface area contributed by atoms with Gasteiger partial charge in [0.25, 0.3) is 5.91 Å². The van der Waals surface area contributed by atoms with Crippen LogP contribution in [0.4, 0.5) is 0 Å². The van der Waals surface area contributed by atoms with Crippen LogP contribution < -0.4 is 9.47 Å². The van der Waals surface area contributed by atoms with Crippen LogP contribution in [0.5, 0.6) is 11.5 Å². The van der Waals surface area contributed by atoms with E-state index >= 15 is 0 Å². The molecule has 0 saturated carbocycles. The third-order valence-electron chi connectivity index (χ3n) is 3.96. The molecule has 7 heteroatoms. The number of rotatable bonds is 6. The Hall–Kier alpha value is -2.38. The first-order valence-electron chi connectivity index (χ1n) is 7.92. The molecule has 1 aliphatic rings. The molecule has 0 radical (unpaired) electrons. The van der Waals surface area contributed by atoms with E-state index in [1.165, 1.54) is 0 Å². The molecule has 3 rings (SSSR count). The summed E-state index contributed by atoms with van der Waals surface area (Å²) in [5.41, 5.74) is 1.21. The second-order valence-corrected chi connectivity index (χ2v) is 6.41. The van der Waals surface area contributed by atoms with Crippen LogP contribution in [0, 0.1) is 0 Å². The standard InChI is InChI=1S/C18H19NO5S/c1-22-16-10-15(24-12-18(21)19-4-6-23-7-5-19)13(11-20)9-14(16)17-3-2-8-25-17/h2-3,8-11H,4-7,12H2,1H3. The molecule has 0 aliphatic carbocycles. The lowest BCUT2D eigenvalue weighted by Crippen LogP contribution is -2.43. The van der Waals surface area contributed by atoms with Crippen LogP contribution in [0.15, 0.2) is 29.6 Å². The van der Waals surface area contributed by atoms with Gasteiger partial charge in [0, 0.05) is 29.6 Å². The average molecular weight is 361 g/mol. The zero-order chi connectivity index (χ0) is 17.6. The van der Waals surface area contributed by atoms with E-state index in [-0.39, 0.29) is 12.5 Å². The normalized spacial score (nSPS) is 14.2. The highest BCUT2D eigenvalue weighted by molar-refractivity contribution is 7.13. The second kappa shape index (κ2) is 8.13. The third kappa shape index (κ3) is 4.00. The van der Waals surface area contributed by atoms with Crippen molar-refractivity contribution in [2.75, 3.05) is 40.0 Å². The number of methoxy groups -OCH3 is 1. The summed E-state index contributed by atoms with van der Waals surface area (Å²) in [4.78, 5) is 26.4. The molecule has 0 atom stereocenters. The van der Waals surface area contributed by atoms with Crippen molar-refractivity contribution < 1.29 is 23.8 Å². The molecule has 1 aromatic carbocycles. The first-order valence-corrected chi connectivity index (χ1v) is 8.80. The molecule has 1 fully saturated rings. The summed E-state index contributed by atoms with van der Waals surface area (Å²) < 4.78 is 16.3. The van der Waals surface area contributed by atoms with Crippen LogP contribution in [-0.4, -0.2) is 57.1 Å². The zero-order valence-corrected chi connectivity index (χ0v) is 14.7. The Labute approximate surface area is 149 Å². The van der Waals surface area contributed by atoms with Crippen molar-refractivity contribution in [3.8, 4) is 21.9 Å². The van der Waals surface area contributed by atoms with Crippen molar-refractivity contribution in [3.05, 3.63) is 35.2 Å². The van der Waals surface area contributed by atoms with Gasteiger partial charge in [-0.2, -0.15) is 0 Å². The SMILES string of the molecule is COc1cc(OCC(=O)N2CCOCC2)c(C=O)cc1-c1cccs1. The van der Waals surface area contributed by atoms with Crippen molar-refractivity contribution in [1.82, 2.24) is 4.90 Å². The fourth-order valence-electron chi connectivity index (χ4n) is 2.63. The van der Waals surface area contributed by atoms with Crippen molar-refractivity contribution >= 4 is 23.5 Å². The third-order valence-corrected chi connectivity index (χ3v) is 4.86. The molecule has 0 unspecified atom stereocenters. The number of thiophene rings is 1. The number of nitrogens with zero attached hydrogens (tertiary/aromatic N) is 1. The maximum Gasteiger partial charge on any atom is 0.260 e. The first kappa shape index (κ1) is 17.4. The van der Waals surface area contributed by atoms with Crippen LogP contribution in [0.2, 0.25) is 0 Å². The lowest BCUT2D eigenvalue weighted by molar-refractivity contribution is -0.137. The summed E-state index contributed by atoms with van der Waals surface area (Å²) in [6, 6.07) is 7.28. The first-order chi connectivity index (χ1) is 12.2. The molecule has 6 nitrogen and oxygen atoms in total. The Morgan fingerprint density at radius 2 is 2.12 bits per heavy atom. The maximum atomic E-state index is 12.2. The number of carbonyl (C=O) groups excluding carboxylic acids is 2. The van der Waals surface area contributed by atoms with Crippen LogP contribution in [-0.2, 0) is 9.53 Å². The molecule has 0 N–H and O–H groups in total. The Kier molecular flexibility index (Phi) is 5.67. The largest absolute Gasteiger partial charge is 0.496 e. The summed E-state index contributed by atoms with van der Waals surface area (Å²) in [6.45, 7) is 2.07. The number of aldehydes is 1. The van der Waals surface area contributed by atoms with Crippen LogP contribution in [0.1, 0.15) is 10.4 Å². The fraction of sp³-hybridized carbons (Fsp3) is 0.333. The molecule has 2 aromatic rings. The zero-order valence-electron chi connectivity index (χ0n) is 13.9. The monoisotopic (exact) mass is 361 g/mol. The van der Waals surface area contributed by atoms with Gasteiger partial charge >= 0.3 is 0 Å². The van der Waals surface area contributed by atoms with Gasteiger partial charge in [0.05, 0.1) is 25.9 Å². The van der Waals surface area contributed by atoms with Crippen molar-refractivity contribution in [3.63, 3.8) is 0 Å². The summed E-state index contributed by atoms with van der Waals surface area (Å²) in [5.74, 6) is 0.817. The highest BCUT2D eigenvalue weighted by Gasteiger charge is 2.19. The minimum Gasteiger partial charge on any atom is -0.496 e. The summed E-state index contributed by atoms with van der Waals surface area (Å²) in [7, 11) is 1.57. The Morgan fingerprint density at radius 1 is 1.32 bits per heavy atom. The van der Waals surface area contributed by atoms with Gasteiger partial charge in [0.1, 0.15) is 11.5 Å². The van der Waals surface area contributed by atoms with E-state index in [9.17, 15) is 9.59 Å². The van der Waals surface area contributed by atoms with Crippen LogP contribution in [0.25, 0.3) is 10.4 Å². The van der Waals surface area contributed by atoms with Gasteiger partial charge in [0.15, 0.2) is 12.9 Å². The molecule has 1 aliphatic heterocycles. The Balaban J connectivity index is 1.78. The number of hydrogen-bond donors (Lipinski definition) is 0. The molecule has 1 saturated heterocycles. The lowest BCUT2D eigenvalue weighted by Gasteiger charge is -2.26. The topological polar surface area (TPSA) is 65.1 Å². The van der Waals surface area contributed by atoms with E-state index in [0.717, 1.165) is 16.7 Å². The highest BCUT2D eigenvalue weighted by Crippen LogP contribution is 2.37. The number of ether oxygens (including phenoxy) is 3. The molecule has 1 aromatic heterocycles. The average Bonchev–Trinajstić information content (AvgIpc) is 3.20. The van der Waals surface area contributed by atoms with Crippen LogP contribution in [0.3, 0.4) is 0 Å². The fourth-order valence-corrected chi connectivity index (χ4v) is 3.38. The smallest absolute Gasteiger partial charge is 0.260 e. The predicted octanol–water partition coefficient (Wildman–Crippen LogP) is 2.47. The summed E-state index contributed by atoms with van der Waals surface area (Å²) in [5, 5.41) is 1.96. The van der Waals surface area contributed by atoms with E-state index in [0.29, 0.717) is 43.4 Å². The molecule has 1 amide bonds. The van der Waals surface area contributed by atoms with E-state index < -0.39 is 0 Å². The molecular formula is C18H19NO5S. The minimum atomic E-state index is -0.124. The summed E-state index contributed by atoms with van der Waals surface area (Å²) in [6.07, 6.45) is 0.727. The van der Waals surface area contributed by atoms with Crippen molar-refractivity contribution in [2.45, 2.75) is 0 Å². The van der Waals surface area contributed by atoms with E-state index in [1.54, 1.807) is 35.5 Å². The van der Waals surface area contributed by atoms with Crippen molar-refractivity contribution in [2.24, 2.45) is 0 Å². The highest BCUT2D eigenvalue weighted by atomic mass is 32.1. The Morgan fingerprint density at radius 3 is 2.76 bits per heavy atom. The molecule has 0 bridgehead atoms. The van der Waals surface area contributed by atoms with Gasteiger partial charge in [-0.3, -0.25) is 9.59 Å². The Bertz CT molecular complexity index is 738. The summed E-state index contributed by atoms with van der Waals surface area (Å²) >= 11 is 1.56. The van der Waals surface area contributed by atoms with Gasteiger partial charge in [-0.25, -0.2) is 0 Å². The number of carbonyl (C=O) groups is 2. The molecule has 0 spiro atoms. The van der Waals surface area contributed by atoms with Gasteiger partial charge in [-0.15, -0.1) is 11.3 Å².